The number of hydrogen-bond acceptors (Lipinski definition) is 4. The van der Waals surface area contributed by atoms with E-state index in [9.17, 15) is 4.79 Å². The Morgan fingerprint density at radius 2 is 1.85 bits per heavy atom. The van der Waals surface area contributed by atoms with Gasteiger partial charge in [0.05, 0.1) is 12.7 Å². The van der Waals surface area contributed by atoms with Crippen molar-refractivity contribution in [2.45, 2.75) is 71.6 Å². The van der Waals surface area contributed by atoms with E-state index in [2.05, 4.69) is 33.9 Å². The first-order chi connectivity index (χ1) is 12.1. The van der Waals surface area contributed by atoms with Crippen LogP contribution in [0.15, 0.2) is 42.5 Å². The van der Waals surface area contributed by atoms with Crippen LogP contribution in [-0.2, 0) is 20.6 Å². The summed E-state index contributed by atoms with van der Waals surface area (Å²) in [4.78, 5) is 12.8. The number of ether oxygens (including phenoxy) is 1. The second-order valence-corrected chi connectivity index (χ2v) is 13.9. The van der Waals surface area contributed by atoms with E-state index in [1.54, 1.807) is 0 Å². The van der Waals surface area contributed by atoms with Crippen molar-refractivity contribution in [1.29, 1.82) is 0 Å². The molecule has 0 unspecified atom stereocenters. The molecule has 0 aliphatic rings. The quantitative estimate of drug-likeness (QED) is 0.390. The Kier molecular flexibility index (Phi) is 9.31. The maximum absolute atomic E-state index is 12.8. The minimum absolute atomic E-state index is 0.0326. The van der Waals surface area contributed by atoms with Gasteiger partial charge in [-0.2, -0.15) is 0 Å². The molecule has 0 radical (unpaired) electrons. The van der Waals surface area contributed by atoms with E-state index in [0.717, 1.165) is 11.3 Å². The molecule has 0 fully saturated rings. The predicted molar refractivity (Wildman–Crippen MR) is 115 cm³/mol. The second kappa shape index (κ2) is 10.5. The molecule has 0 aromatic heterocycles. The maximum Gasteiger partial charge on any atom is 0.220 e. The van der Waals surface area contributed by atoms with E-state index in [1.165, 1.54) is 11.8 Å². The minimum Gasteiger partial charge on any atom is -0.407 e. The summed E-state index contributed by atoms with van der Waals surface area (Å²) < 4.78 is 12.6. The van der Waals surface area contributed by atoms with E-state index in [-0.39, 0.29) is 16.3 Å². The van der Waals surface area contributed by atoms with Crippen molar-refractivity contribution in [1.82, 2.24) is 0 Å². The lowest BCUT2D eigenvalue weighted by molar-refractivity contribution is -0.127. The monoisotopic (exact) mass is 394 g/mol. The Morgan fingerprint density at radius 1 is 1.23 bits per heavy atom. The Morgan fingerprint density at radius 3 is 2.35 bits per heavy atom. The zero-order valence-electron chi connectivity index (χ0n) is 17.2. The Labute approximate surface area is 164 Å². The van der Waals surface area contributed by atoms with Crippen LogP contribution in [0, 0.1) is 0 Å². The lowest BCUT2D eigenvalue weighted by Gasteiger charge is -2.40. The first kappa shape index (κ1) is 23.2. The molecular formula is C21H34O3SSi. The van der Waals surface area contributed by atoms with Crippen LogP contribution in [0.3, 0.4) is 0 Å². The molecule has 0 N–H and O–H groups in total. The summed E-state index contributed by atoms with van der Waals surface area (Å²) in [5.41, 5.74) is 1.05. The summed E-state index contributed by atoms with van der Waals surface area (Å²) in [6, 6.07) is 9.95. The molecular weight excluding hydrogens is 360 g/mol. The summed E-state index contributed by atoms with van der Waals surface area (Å²) >= 11 is 1.30. The number of allylic oxidation sites excluding steroid dienone is 1. The molecule has 146 valence electrons. The second-order valence-electron chi connectivity index (χ2n) is 7.84. The highest BCUT2D eigenvalue weighted by atomic mass is 32.2. The smallest absolute Gasteiger partial charge is 0.220 e. The van der Waals surface area contributed by atoms with Crippen LogP contribution in [-0.4, -0.2) is 31.4 Å². The average Bonchev–Trinajstić information content (AvgIpc) is 2.55. The molecule has 0 saturated carbocycles. The van der Waals surface area contributed by atoms with Gasteiger partial charge in [0.15, 0.2) is 14.4 Å². The van der Waals surface area contributed by atoms with Crippen molar-refractivity contribution in [3.05, 3.63) is 48.0 Å². The van der Waals surface area contributed by atoms with Crippen molar-refractivity contribution in [2.24, 2.45) is 0 Å². The van der Waals surface area contributed by atoms with Gasteiger partial charge in [-0.25, -0.2) is 0 Å². The Bertz CT molecular complexity index is 579. The highest BCUT2D eigenvalue weighted by Gasteiger charge is 2.41. The van der Waals surface area contributed by atoms with E-state index in [1.807, 2.05) is 56.3 Å². The number of benzene rings is 1. The van der Waals surface area contributed by atoms with Gasteiger partial charge in [0.25, 0.3) is 0 Å². The molecule has 0 saturated heterocycles. The summed E-state index contributed by atoms with van der Waals surface area (Å²) in [6.07, 6.45) is 2.94. The van der Waals surface area contributed by atoms with Crippen LogP contribution >= 0.6 is 11.8 Å². The van der Waals surface area contributed by atoms with Gasteiger partial charge >= 0.3 is 0 Å². The van der Waals surface area contributed by atoms with Crippen molar-refractivity contribution in [3.8, 4) is 0 Å². The Balaban J connectivity index is 3.03. The predicted octanol–water partition coefficient (Wildman–Crippen LogP) is 5.82. The van der Waals surface area contributed by atoms with Crippen molar-refractivity contribution in [2.75, 3.05) is 5.75 Å². The van der Waals surface area contributed by atoms with E-state index < -0.39 is 14.4 Å². The zero-order valence-corrected chi connectivity index (χ0v) is 19.1. The standard InChI is InChI=1S/C21H34O3SSi/c1-8-13-18(24-26(6,7)21(3,4)5)19(20(22)25-9-2)23-16-17-14-11-10-12-15-17/h8,10-15,18-19H,9,16H2,1-7H3/b13-8+/t18-,19-/m1/s1. The van der Waals surface area contributed by atoms with Gasteiger partial charge in [0.2, 0.25) is 5.12 Å². The average molecular weight is 395 g/mol. The molecule has 0 amide bonds. The molecule has 1 aromatic carbocycles. The first-order valence-corrected chi connectivity index (χ1v) is 13.1. The van der Waals surface area contributed by atoms with Gasteiger partial charge in [-0.1, -0.05) is 81.9 Å². The van der Waals surface area contributed by atoms with Gasteiger partial charge in [-0.15, -0.1) is 0 Å². The van der Waals surface area contributed by atoms with E-state index in [0.29, 0.717) is 6.61 Å². The molecule has 0 bridgehead atoms. The highest BCUT2D eigenvalue weighted by molar-refractivity contribution is 8.13. The van der Waals surface area contributed by atoms with Gasteiger partial charge in [0, 0.05) is 0 Å². The topological polar surface area (TPSA) is 35.5 Å². The summed E-state index contributed by atoms with van der Waals surface area (Å²) in [6.45, 7) is 15.3. The lowest BCUT2D eigenvalue weighted by Crippen LogP contribution is -2.48. The number of carbonyl (C=O) groups excluding carboxylic acids is 1. The fraction of sp³-hybridized carbons (Fsp3) is 0.571. The molecule has 0 spiro atoms. The van der Waals surface area contributed by atoms with Crippen molar-refractivity contribution in [3.63, 3.8) is 0 Å². The van der Waals surface area contributed by atoms with Gasteiger partial charge < -0.3 is 9.16 Å². The SMILES string of the molecule is C/C=C/[C@@H](O[Si](C)(C)C(C)(C)C)[C@@H](OCc1ccccc1)C(=O)SCC. The lowest BCUT2D eigenvalue weighted by atomic mass is 10.2. The molecule has 3 nitrogen and oxygen atoms in total. The van der Waals surface area contributed by atoms with Crippen LogP contribution in [0.5, 0.6) is 0 Å². The summed E-state index contributed by atoms with van der Waals surface area (Å²) in [5, 5.41) is 0.0999. The normalized spacial score (nSPS) is 15.2. The van der Waals surface area contributed by atoms with Gasteiger partial charge in [-0.3, -0.25) is 4.79 Å². The highest BCUT2D eigenvalue weighted by Crippen LogP contribution is 2.38. The molecule has 26 heavy (non-hydrogen) atoms. The van der Waals surface area contributed by atoms with Crippen molar-refractivity contribution < 1.29 is 14.0 Å². The summed E-state index contributed by atoms with van der Waals surface area (Å²) in [5.74, 6) is 0.729. The molecule has 1 aromatic rings. The van der Waals surface area contributed by atoms with E-state index >= 15 is 0 Å². The molecule has 2 atom stereocenters. The molecule has 5 heteroatoms. The third-order valence-electron chi connectivity index (χ3n) is 4.71. The van der Waals surface area contributed by atoms with E-state index in [4.69, 9.17) is 9.16 Å². The third-order valence-corrected chi connectivity index (χ3v) is 9.99. The van der Waals surface area contributed by atoms with Crippen LogP contribution in [0.25, 0.3) is 0 Å². The van der Waals surface area contributed by atoms with Crippen LogP contribution in [0.4, 0.5) is 0 Å². The zero-order chi connectivity index (χ0) is 19.8. The van der Waals surface area contributed by atoms with Gasteiger partial charge in [0.1, 0.15) is 0 Å². The largest absolute Gasteiger partial charge is 0.407 e. The molecule has 0 aliphatic heterocycles. The van der Waals surface area contributed by atoms with Crippen LogP contribution < -0.4 is 0 Å². The minimum atomic E-state index is -2.04. The maximum atomic E-state index is 12.8. The number of thioether (sulfide) groups is 1. The fourth-order valence-electron chi connectivity index (χ4n) is 2.19. The first-order valence-electron chi connectivity index (χ1n) is 9.25. The molecule has 1 rings (SSSR count). The number of carbonyl (C=O) groups is 1. The fourth-order valence-corrected chi connectivity index (χ4v) is 4.08. The number of hydrogen-bond donors (Lipinski definition) is 0. The molecule has 0 aliphatic carbocycles. The number of rotatable bonds is 9. The Hall–Kier alpha value is -0.883. The third kappa shape index (κ3) is 7.03. The van der Waals surface area contributed by atoms with Crippen molar-refractivity contribution >= 4 is 25.2 Å². The summed E-state index contributed by atoms with van der Waals surface area (Å²) in [7, 11) is -2.04. The molecule has 0 heterocycles. The van der Waals surface area contributed by atoms with Crippen LogP contribution in [0.1, 0.15) is 40.2 Å². The van der Waals surface area contributed by atoms with Crippen LogP contribution in [0.2, 0.25) is 18.1 Å². The van der Waals surface area contributed by atoms with Gasteiger partial charge in [-0.05, 0) is 36.4 Å².